The maximum absolute atomic E-state index is 12.8. The van der Waals surface area contributed by atoms with Crippen molar-refractivity contribution in [3.05, 3.63) is 193 Å². The zero-order valence-corrected chi connectivity index (χ0v) is 47.0. The topological polar surface area (TPSA) is 95.1 Å². The molecule has 17 heteroatoms. The number of benzene rings is 6. The number of carbonyl (C=O) groups is 3. The lowest BCUT2D eigenvalue weighted by Crippen LogP contribution is -2.29. The van der Waals surface area contributed by atoms with E-state index in [4.69, 9.17) is 69.6 Å². The average molecular weight is 1210 g/mol. The van der Waals surface area contributed by atoms with Gasteiger partial charge in [0.2, 0.25) is 17.7 Å². The van der Waals surface area contributed by atoms with Crippen molar-refractivity contribution < 1.29 is 22.8 Å². The summed E-state index contributed by atoms with van der Waals surface area (Å²) in [5.41, 5.74) is 8.50. The van der Waals surface area contributed by atoms with Crippen molar-refractivity contribution in [2.24, 2.45) is 0 Å². The molecule has 0 radical (unpaired) electrons. The quantitative estimate of drug-likeness (QED) is 0.111. The summed E-state index contributed by atoms with van der Waals surface area (Å²) in [5, 5.41) is 3.06. The van der Waals surface area contributed by atoms with Crippen molar-refractivity contribution in [3.8, 4) is 0 Å². The predicted octanol–water partition coefficient (Wildman–Crippen LogP) is 14.6. The number of fused-ring (bicyclic) bond motifs is 3. The fourth-order valence-electron chi connectivity index (χ4n) is 9.16. The van der Waals surface area contributed by atoms with Gasteiger partial charge in [-0.3, -0.25) is 14.4 Å². The summed E-state index contributed by atoms with van der Waals surface area (Å²) < 4.78 is 25.2. The van der Waals surface area contributed by atoms with E-state index in [1.54, 1.807) is 83.4 Å². The van der Waals surface area contributed by atoms with Crippen LogP contribution in [-0.4, -0.2) is 53.4 Å². The van der Waals surface area contributed by atoms with Crippen LogP contribution in [0.2, 0.25) is 30.1 Å². The van der Waals surface area contributed by atoms with E-state index in [1.165, 1.54) is 37.0 Å². The van der Waals surface area contributed by atoms with Gasteiger partial charge in [0.1, 0.15) is 0 Å². The van der Waals surface area contributed by atoms with Gasteiger partial charge < -0.3 is 14.7 Å². The zero-order chi connectivity index (χ0) is 50.8. The lowest BCUT2D eigenvalue weighted by molar-refractivity contribution is -0.133. The maximum Gasteiger partial charge on any atom is 0.227 e. The van der Waals surface area contributed by atoms with Gasteiger partial charge >= 0.3 is 0 Å². The number of amides is 3. The molecule has 9 rings (SSSR count). The van der Waals surface area contributed by atoms with E-state index >= 15 is 0 Å². The van der Waals surface area contributed by atoms with Gasteiger partial charge in [0.25, 0.3) is 0 Å². The molecule has 0 aromatic heterocycles. The Morgan fingerprint density at radius 3 is 1.20 bits per heavy atom. The van der Waals surface area contributed by atoms with Gasteiger partial charge in [-0.1, -0.05) is 124 Å². The zero-order valence-electron chi connectivity index (χ0n) is 38.7. The minimum Gasteiger partial charge on any atom is -0.331 e. The molecule has 0 spiro atoms. The van der Waals surface area contributed by atoms with Gasteiger partial charge in [0.05, 0.1) is 42.3 Å². The molecule has 6 aromatic rings. The van der Waals surface area contributed by atoms with Gasteiger partial charge in [-0.25, -0.2) is 8.42 Å². The number of halogens is 7. The van der Waals surface area contributed by atoms with Crippen molar-refractivity contribution >= 4 is 132 Å². The Hall–Kier alpha value is -3.50. The van der Waals surface area contributed by atoms with Crippen LogP contribution in [0.3, 0.4) is 0 Å². The highest BCUT2D eigenvalue weighted by Gasteiger charge is 2.35. The first-order valence-corrected chi connectivity index (χ1v) is 28.6. The van der Waals surface area contributed by atoms with Crippen molar-refractivity contribution in [1.29, 1.82) is 0 Å². The van der Waals surface area contributed by atoms with E-state index in [0.29, 0.717) is 65.5 Å². The molecule has 0 N–H and O–H groups in total. The molecule has 70 heavy (non-hydrogen) atoms. The number of carbonyl (C=O) groups excluding carboxylic acids is 3. The first-order valence-electron chi connectivity index (χ1n) is 22.1. The number of rotatable bonds is 8. The van der Waals surface area contributed by atoms with Crippen LogP contribution in [0.15, 0.2) is 119 Å². The molecule has 0 fully saturated rings. The third-order valence-electron chi connectivity index (χ3n) is 13.0. The van der Waals surface area contributed by atoms with E-state index in [-0.39, 0.29) is 66.5 Å². The molecule has 0 bridgehead atoms. The third-order valence-corrected chi connectivity index (χ3v) is 18.1. The van der Waals surface area contributed by atoms with Crippen molar-refractivity contribution in [2.45, 2.75) is 87.6 Å². The van der Waals surface area contributed by atoms with Crippen molar-refractivity contribution in [3.63, 3.8) is 0 Å². The minimum absolute atomic E-state index is 0.0505. The highest BCUT2D eigenvalue weighted by molar-refractivity contribution is 14.1. The molecule has 0 aliphatic carbocycles. The van der Waals surface area contributed by atoms with Gasteiger partial charge in [-0.15, -0.1) is 11.8 Å². The van der Waals surface area contributed by atoms with Crippen LogP contribution in [0, 0.1) is 3.57 Å². The van der Waals surface area contributed by atoms with Crippen LogP contribution < -0.4 is 0 Å². The van der Waals surface area contributed by atoms with Crippen molar-refractivity contribution in [2.75, 3.05) is 12.5 Å². The van der Waals surface area contributed by atoms with E-state index in [9.17, 15) is 22.8 Å². The number of thioether (sulfide) groups is 1. The Bertz CT molecular complexity index is 3060. The number of nitrogens with zero attached hydrogens (tertiary/aromatic N) is 3. The fourth-order valence-corrected chi connectivity index (χ4v) is 13.0. The summed E-state index contributed by atoms with van der Waals surface area (Å²) in [6.07, 6.45) is 3.78. The summed E-state index contributed by atoms with van der Waals surface area (Å²) in [6.45, 7) is 7.59. The minimum atomic E-state index is -3.35. The highest BCUT2D eigenvalue weighted by atomic mass is 127. The first-order chi connectivity index (χ1) is 33.2. The van der Waals surface area contributed by atoms with Crippen LogP contribution in [0.1, 0.15) is 89.0 Å². The molecule has 366 valence electrons. The number of hydrogen-bond donors (Lipinski definition) is 0. The van der Waals surface area contributed by atoms with Crippen LogP contribution in [0.25, 0.3) is 0 Å². The van der Waals surface area contributed by atoms with E-state index < -0.39 is 9.84 Å². The molecule has 8 nitrogen and oxygen atoms in total. The second kappa shape index (κ2) is 23.1. The summed E-state index contributed by atoms with van der Waals surface area (Å²) in [7, 11) is -3.35. The molecule has 3 atom stereocenters. The summed E-state index contributed by atoms with van der Waals surface area (Å²) in [4.78, 5) is 45.3. The smallest absolute Gasteiger partial charge is 0.227 e. The molecule has 6 aromatic carbocycles. The second-order valence-electron chi connectivity index (χ2n) is 17.2. The molecule has 3 unspecified atom stereocenters. The molecule has 0 saturated carbocycles. The van der Waals surface area contributed by atoms with Gasteiger partial charge in [0, 0.05) is 64.5 Å². The Balaban J connectivity index is 0.000000155. The van der Waals surface area contributed by atoms with Gasteiger partial charge in [-0.2, -0.15) is 0 Å². The average Bonchev–Trinajstić information content (AvgIpc) is 3.98. The second-order valence-corrected chi connectivity index (χ2v) is 23.6. The Kier molecular flexibility index (Phi) is 17.9. The van der Waals surface area contributed by atoms with Gasteiger partial charge in [0.15, 0.2) is 9.84 Å². The number of sulfone groups is 1. The van der Waals surface area contributed by atoms with Crippen LogP contribution >= 0.6 is 104 Å². The van der Waals surface area contributed by atoms with Gasteiger partial charge in [-0.05, 0) is 154 Å². The molecule has 3 heterocycles. The molecule has 3 aliphatic heterocycles. The van der Waals surface area contributed by atoms with Crippen LogP contribution in [-0.2, 0) is 63.1 Å². The van der Waals surface area contributed by atoms with E-state index in [1.807, 2.05) is 28.9 Å². The summed E-state index contributed by atoms with van der Waals surface area (Å²) >= 11 is 41.1. The van der Waals surface area contributed by atoms with E-state index in [2.05, 4.69) is 73.0 Å². The van der Waals surface area contributed by atoms with Crippen LogP contribution in [0.5, 0.6) is 0 Å². The first kappa shape index (κ1) is 54.3. The fraction of sp³-hybridized carbons (Fsp3) is 0.264. The van der Waals surface area contributed by atoms with E-state index in [0.717, 1.165) is 5.56 Å². The molecular formula is C53H48Cl6IN3O5S2. The highest BCUT2D eigenvalue weighted by Crippen LogP contribution is 2.41. The SMILES string of the molecule is CC1c2cccc(I)c2CN1C(=O)Cc1c(Cl)cccc1Cl.CC1c2cccc(S(C)(=O)=O)c2CN1C(=O)Cc1c(Cl)cccc1Cl.CSc1cccc2c1CN(C(=O)Cc1c(Cl)cccc1Cl)C2C. The third kappa shape index (κ3) is 11.8. The molecule has 3 aliphatic rings. The summed E-state index contributed by atoms with van der Waals surface area (Å²) in [5.74, 6) is -0.0385. The normalized spacial score (nSPS) is 16.7. The molecule has 3 amide bonds. The van der Waals surface area contributed by atoms with Crippen LogP contribution in [0.4, 0.5) is 0 Å². The lowest BCUT2D eigenvalue weighted by Gasteiger charge is -2.22. The monoisotopic (exact) mass is 1210 g/mol. The standard InChI is InChI=1S/C18H17Cl2NO3S.C18H17Cl2NOS.C17H14Cl2INO/c1-11-12-5-3-8-17(25(2,23)24)14(12)10-21(11)18(22)9-13-15(19)6-4-7-16(13)20;1-11-12-5-3-8-17(23-2)14(12)10-21(11)18(22)9-13-15(19)6-4-7-16(13)20;1-10-11-4-2-7-16(20)13(11)9-21(10)17(22)8-12-14(18)5-3-6-15(12)19/h3-8,11H,9-10H2,1-2H3;3-8,11H,9-10H2,1-2H3;2-7,10H,8-9H2,1H3. The maximum atomic E-state index is 12.8. The lowest BCUT2D eigenvalue weighted by atomic mass is 10.1. The van der Waals surface area contributed by atoms with Crippen molar-refractivity contribution in [1.82, 2.24) is 14.7 Å². The predicted molar refractivity (Wildman–Crippen MR) is 294 cm³/mol. The number of hydrogen-bond acceptors (Lipinski definition) is 6. The molecule has 0 saturated heterocycles. The Labute approximate surface area is 458 Å². The largest absolute Gasteiger partial charge is 0.331 e. The summed E-state index contributed by atoms with van der Waals surface area (Å²) in [6, 6.07) is 33.3. The Morgan fingerprint density at radius 2 is 0.829 bits per heavy atom. The Morgan fingerprint density at radius 1 is 0.514 bits per heavy atom. The molecular weight excluding hydrogens is 1160 g/mol.